The fraction of sp³-hybridized carbons (Fsp3) is 1.00. The van der Waals surface area contributed by atoms with Crippen LogP contribution in [0.3, 0.4) is 0 Å². The lowest BCUT2D eigenvalue weighted by Crippen LogP contribution is -2.34. The molecular formula is C10H19N. The lowest BCUT2D eigenvalue weighted by Gasteiger charge is -2.26. The minimum atomic E-state index is 0.150. The molecule has 64 valence electrons. The van der Waals surface area contributed by atoms with Crippen molar-refractivity contribution in [3.63, 3.8) is 0 Å². The van der Waals surface area contributed by atoms with E-state index in [1.54, 1.807) is 0 Å². The number of hydrogen-bond donors (Lipinski definition) is 1. The van der Waals surface area contributed by atoms with E-state index in [0.717, 1.165) is 5.92 Å². The summed E-state index contributed by atoms with van der Waals surface area (Å²) >= 11 is 0. The quantitative estimate of drug-likeness (QED) is 0.614. The monoisotopic (exact) mass is 153 g/mol. The van der Waals surface area contributed by atoms with Crippen molar-refractivity contribution in [2.24, 2.45) is 17.1 Å². The van der Waals surface area contributed by atoms with Gasteiger partial charge in [0.05, 0.1) is 0 Å². The van der Waals surface area contributed by atoms with Crippen molar-refractivity contribution in [2.45, 2.75) is 51.5 Å². The topological polar surface area (TPSA) is 26.0 Å². The van der Waals surface area contributed by atoms with Crippen molar-refractivity contribution < 1.29 is 0 Å². The maximum atomic E-state index is 6.12. The Morgan fingerprint density at radius 2 is 1.82 bits per heavy atom. The number of hydrogen-bond acceptors (Lipinski definition) is 1. The van der Waals surface area contributed by atoms with Crippen LogP contribution in [0.25, 0.3) is 0 Å². The highest BCUT2D eigenvalue weighted by Gasteiger charge is 2.48. The van der Waals surface area contributed by atoms with Crippen LogP contribution in [-0.2, 0) is 0 Å². The first-order valence-electron chi connectivity index (χ1n) is 4.81. The smallest absolute Gasteiger partial charge is 0.0131 e. The molecule has 0 aromatic carbocycles. The first-order valence-corrected chi connectivity index (χ1v) is 4.81. The minimum absolute atomic E-state index is 0.150. The minimum Gasteiger partial charge on any atom is -0.325 e. The van der Waals surface area contributed by atoms with Crippen LogP contribution in [0.5, 0.6) is 0 Å². The zero-order chi connectivity index (χ0) is 8.11. The van der Waals surface area contributed by atoms with Crippen LogP contribution in [0.4, 0.5) is 0 Å². The van der Waals surface area contributed by atoms with Gasteiger partial charge in [0.1, 0.15) is 0 Å². The van der Waals surface area contributed by atoms with Crippen LogP contribution in [0.2, 0.25) is 0 Å². The van der Waals surface area contributed by atoms with E-state index in [0.29, 0.717) is 5.41 Å². The molecule has 0 radical (unpaired) electrons. The Labute approximate surface area is 69.4 Å². The molecule has 0 bridgehead atoms. The fourth-order valence-electron chi connectivity index (χ4n) is 2.80. The summed E-state index contributed by atoms with van der Waals surface area (Å²) in [5.74, 6) is 1.02. The predicted molar refractivity (Wildman–Crippen MR) is 47.3 cm³/mol. The summed E-state index contributed by atoms with van der Waals surface area (Å²) in [5, 5.41) is 0. The zero-order valence-electron chi connectivity index (χ0n) is 7.69. The van der Waals surface area contributed by atoms with Gasteiger partial charge in [-0.25, -0.2) is 0 Å². The van der Waals surface area contributed by atoms with E-state index in [9.17, 15) is 0 Å². The molecule has 2 unspecified atom stereocenters. The van der Waals surface area contributed by atoms with Gasteiger partial charge in [0.15, 0.2) is 0 Å². The van der Waals surface area contributed by atoms with Gasteiger partial charge in [-0.3, -0.25) is 0 Å². The number of nitrogens with two attached hydrogens (primary N) is 1. The maximum Gasteiger partial charge on any atom is 0.0131 e. The Kier molecular flexibility index (Phi) is 1.39. The van der Waals surface area contributed by atoms with Gasteiger partial charge in [-0.05, 0) is 50.4 Å². The van der Waals surface area contributed by atoms with Gasteiger partial charge in [-0.2, -0.15) is 0 Å². The van der Waals surface area contributed by atoms with E-state index in [-0.39, 0.29) is 5.54 Å². The second-order valence-corrected chi connectivity index (χ2v) is 5.26. The van der Waals surface area contributed by atoms with Crippen molar-refractivity contribution in [3.8, 4) is 0 Å². The molecule has 1 nitrogen and oxygen atoms in total. The predicted octanol–water partition coefficient (Wildman–Crippen LogP) is 2.30. The zero-order valence-corrected chi connectivity index (χ0v) is 7.69. The summed E-state index contributed by atoms with van der Waals surface area (Å²) in [6.07, 6.45) is 6.79. The Morgan fingerprint density at radius 3 is 2.18 bits per heavy atom. The Balaban J connectivity index is 2.06. The van der Waals surface area contributed by atoms with Gasteiger partial charge >= 0.3 is 0 Å². The Morgan fingerprint density at radius 1 is 1.18 bits per heavy atom. The Bertz CT molecular complexity index is 170. The molecule has 2 aliphatic carbocycles. The standard InChI is InChI=1S/C10H19N/c1-9(8-3-4-8)5-6-10(2,11)7-9/h8H,3-7,11H2,1-2H3. The summed E-state index contributed by atoms with van der Waals surface area (Å²) in [6.45, 7) is 4.64. The molecule has 0 heterocycles. The van der Waals surface area contributed by atoms with Crippen LogP contribution in [0.1, 0.15) is 46.0 Å². The van der Waals surface area contributed by atoms with E-state index in [2.05, 4.69) is 13.8 Å². The van der Waals surface area contributed by atoms with Gasteiger partial charge in [0.25, 0.3) is 0 Å². The first kappa shape index (κ1) is 7.60. The van der Waals surface area contributed by atoms with E-state index in [4.69, 9.17) is 5.73 Å². The molecule has 2 saturated carbocycles. The normalized spacial score (nSPS) is 51.5. The number of rotatable bonds is 1. The molecule has 0 aromatic rings. The maximum absolute atomic E-state index is 6.12. The van der Waals surface area contributed by atoms with E-state index >= 15 is 0 Å². The van der Waals surface area contributed by atoms with Crippen molar-refractivity contribution >= 4 is 0 Å². The molecule has 0 amide bonds. The summed E-state index contributed by atoms with van der Waals surface area (Å²) in [4.78, 5) is 0. The Hall–Kier alpha value is -0.0400. The molecule has 2 fully saturated rings. The van der Waals surface area contributed by atoms with Crippen molar-refractivity contribution in [3.05, 3.63) is 0 Å². The molecule has 1 heteroatoms. The summed E-state index contributed by atoms with van der Waals surface area (Å²) in [7, 11) is 0. The van der Waals surface area contributed by atoms with Crippen LogP contribution in [-0.4, -0.2) is 5.54 Å². The van der Waals surface area contributed by atoms with Gasteiger partial charge in [-0.1, -0.05) is 6.92 Å². The largest absolute Gasteiger partial charge is 0.325 e. The first-order chi connectivity index (χ1) is 5.02. The molecular weight excluding hydrogens is 134 g/mol. The highest BCUT2D eigenvalue weighted by Crippen LogP contribution is 2.56. The van der Waals surface area contributed by atoms with Crippen molar-refractivity contribution in [1.82, 2.24) is 0 Å². The molecule has 2 aliphatic rings. The molecule has 11 heavy (non-hydrogen) atoms. The highest BCUT2D eigenvalue weighted by molar-refractivity contribution is 5.02. The molecule has 0 saturated heterocycles. The molecule has 2 atom stereocenters. The third kappa shape index (κ3) is 1.31. The van der Waals surface area contributed by atoms with Crippen molar-refractivity contribution in [1.29, 1.82) is 0 Å². The van der Waals surface area contributed by atoms with E-state index in [1.807, 2.05) is 0 Å². The van der Waals surface area contributed by atoms with E-state index < -0.39 is 0 Å². The van der Waals surface area contributed by atoms with Gasteiger partial charge in [-0.15, -0.1) is 0 Å². The van der Waals surface area contributed by atoms with Crippen molar-refractivity contribution in [2.75, 3.05) is 0 Å². The molecule has 2 N–H and O–H groups in total. The van der Waals surface area contributed by atoms with E-state index in [1.165, 1.54) is 32.1 Å². The second-order valence-electron chi connectivity index (χ2n) is 5.26. The highest BCUT2D eigenvalue weighted by atomic mass is 14.8. The summed E-state index contributed by atoms with van der Waals surface area (Å²) in [5.41, 5.74) is 6.88. The lowest BCUT2D eigenvalue weighted by atomic mass is 9.81. The SMILES string of the molecule is CC1(N)CCC(C)(C2CC2)C1. The van der Waals surface area contributed by atoms with Gasteiger partial charge < -0.3 is 5.73 Å². The van der Waals surface area contributed by atoms with Crippen LogP contribution < -0.4 is 5.73 Å². The third-order valence-electron chi connectivity index (χ3n) is 3.64. The second kappa shape index (κ2) is 2.01. The molecule has 2 rings (SSSR count). The molecule has 0 aromatic heterocycles. The summed E-state index contributed by atoms with van der Waals surface area (Å²) in [6, 6.07) is 0. The van der Waals surface area contributed by atoms with Crippen LogP contribution in [0, 0.1) is 11.3 Å². The van der Waals surface area contributed by atoms with Crippen LogP contribution >= 0.6 is 0 Å². The van der Waals surface area contributed by atoms with Crippen LogP contribution in [0.15, 0.2) is 0 Å². The molecule has 0 aliphatic heterocycles. The average Bonchev–Trinajstić information content (AvgIpc) is 2.61. The fourth-order valence-corrected chi connectivity index (χ4v) is 2.80. The average molecular weight is 153 g/mol. The van der Waals surface area contributed by atoms with Gasteiger partial charge in [0, 0.05) is 5.54 Å². The summed E-state index contributed by atoms with van der Waals surface area (Å²) < 4.78 is 0. The lowest BCUT2D eigenvalue weighted by molar-refractivity contribution is 0.264. The molecule has 0 spiro atoms. The van der Waals surface area contributed by atoms with Gasteiger partial charge in [0.2, 0.25) is 0 Å². The third-order valence-corrected chi connectivity index (χ3v) is 3.64.